The third-order valence-corrected chi connectivity index (χ3v) is 5.62. The molecule has 6 nitrogen and oxygen atoms in total. The second-order valence-electron chi connectivity index (χ2n) is 4.97. The lowest BCUT2D eigenvalue weighted by molar-refractivity contribution is -0.123. The van der Waals surface area contributed by atoms with Gasteiger partial charge in [0, 0.05) is 33.0 Å². The summed E-state index contributed by atoms with van der Waals surface area (Å²) >= 11 is 0. The van der Waals surface area contributed by atoms with Gasteiger partial charge in [-0.05, 0) is 12.8 Å². The molecule has 8 heteroatoms. The van der Waals surface area contributed by atoms with Crippen molar-refractivity contribution in [3.8, 4) is 0 Å². The van der Waals surface area contributed by atoms with Crippen LogP contribution in [0, 0.1) is 0 Å². The van der Waals surface area contributed by atoms with Crippen molar-refractivity contribution in [3.63, 3.8) is 0 Å². The first-order valence-corrected chi connectivity index (χ1v) is 8.51. The van der Waals surface area contributed by atoms with Crippen LogP contribution >= 0.6 is 12.4 Å². The van der Waals surface area contributed by atoms with Crippen LogP contribution in [0.2, 0.25) is 0 Å². The van der Waals surface area contributed by atoms with Gasteiger partial charge in [0.05, 0.1) is 6.61 Å². The minimum atomic E-state index is -3.37. The summed E-state index contributed by atoms with van der Waals surface area (Å²) in [7, 11) is -1.74. The van der Waals surface area contributed by atoms with Gasteiger partial charge in [0.15, 0.2) is 9.84 Å². The van der Waals surface area contributed by atoms with E-state index in [1.54, 1.807) is 7.11 Å². The number of hydrogen-bond acceptors (Lipinski definition) is 5. The summed E-state index contributed by atoms with van der Waals surface area (Å²) in [4.78, 5) is 12.2. The Kier molecular flexibility index (Phi) is 8.65. The van der Waals surface area contributed by atoms with Crippen LogP contribution in [0.25, 0.3) is 0 Å². The Bertz CT molecular complexity index is 394. The maximum absolute atomic E-state index is 12.2. The van der Waals surface area contributed by atoms with E-state index in [2.05, 4.69) is 10.6 Å². The minimum Gasteiger partial charge on any atom is -0.383 e. The number of sulfone groups is 1. The molecule has 0 aromatic rings. The Hall–Kier alpha value is -0.370. The van der Waals surface area contributed by atoms with Crippen molar-refractivity contribution in [2.75, 3.05) is 39.6 Å². The highest BCUT2D eigenvalue weighted by Gasteiger charge is 2.49. The third-order valence-electron chi connectivity index (χ3n) is 3.61. The van der Waals surface area contributed by atoms with Crippen molar-refractivity contribution in [1.82, 2.24) is 10.6 Å². The van der Waals surface area contributed by atoms with Crippen molar-refractivity contribution in [2.45, 2.75) is 30.4 Å². The standard InChI is InChI=1S/C12H24N2O4S.ClH/c1-18-10-9-13-7-8-14-11(15)12(19(2,16)17)5-3-4-6-12;/h13H,3-10H2,1-2H3,(H,14,15);1H. The van der Waals surface area contributed by atoms with Crippen molar-refractivity contribution >= 4 is 28.2 Å². The Balaban J connectivity index is 0.00000361. The number of halogens is 1. The quantitative estimate of drug-likeness (QED) is 0.618. The number of rotatable bonds is 8. The summed E-state index contributed by atoms with van der Waals surface area (Å²) in [6, 6.07) is 0. The van der Waals surface area contributed by atoms with E-state index in [0.29, 0.717) is 39.1 Å². The minimum absolute atomic E-state index is 0. The molecule has 0 unspecified atom stereocenters. The molecule has 0 heterocycles. The fourth-order valence-corrected chi connectivity index (χ4v) is 3.88. The van der Waals surface area contributed by atoms with Gasteiger partial charge in [-0.2, -0.15) is 0 Å². The first-order valence-electron chi connectivity index (χ1n) is 6.61. The Morgan fingerprint density at radius 2 is 1.80 bits per heavy atom. The van der Waals surface area contributed by atoms with Gasteiger partial charge >= 0.3 is 0 Å². The van der Waals surface area contributed by atoms with Gasteiger partial charge < -0.3 is 15.4 Å². The predicted octanol–water partition coefficient (Wildman–Crippen LogP) is 0.118. The molecule has 1 rings (SSSR count). The maximum atomic E-state index is 12.2. The van der Waals surface area contributed by atoms with E-state index < -0.39 is 14.6 Å². The second-order valence-corrected chi connectivity index (χ2v) is 7.30. The van der Waals surface area contributed by atoms with Crippen molar-refractivity contribution in [3.05, 3.63) is 0 Å². The second kappa shape index (κ2) is 8.81. The first-order chi connectivity index (χ1) is 8.94. The lowest BCUT2D eigenvalue weighted by Crippen LogP contribution is -2.51. The number of carbonyl (C=O) groups is 1. The van der Waals surface area contributed by atoms with Crippen LogP contribution in [0.5, 0.6) is 0 Å². The first kappa shape index (κ1) is 19.6. The summed E-state index contributed by atoms with van der Waals surface area (Å²) in [5.74, 6) is -0.346. The highest BCUT2D eigenvalue weighted by atomic mass is 35.5. The molecule has 1 fully saturated rings. The molecule has 0 aromatic carbocycles. The largest absolute Gasteiger partial charge is 0.383 e. The molecule has 2 N–H and O–H groups in total. The number of hydrogen-bond donors (Lipinski definition) is 2. The van der Waals surface area contributed by atoms with Crippen LogP contribution in [-0.4, -0.2) is 58.7 Å². The van der Waals surface area contributed by atoms with Crippen LogP contribution in [0.4, 0.5) is 0 Å². The molecule has 0 spiro atoms. The molecule has 120 valence electrons. The van der Waals surface area contributed by atoms with Crippen molar-refractivity contribution in [1.29, 1.82) is 0 Å². The third kappa shape index (κ3) is 4.87. The van der Waals surface area contributed by atoms with Gasteiger partial charge in [-0.3, -0.25) is 4.79 Å². The van der Waals surface area contributed by atoms with Crippen LogP contribution in [-0.2, 0) is 19.4 Å². The summed E-state index contributed by atoms with van der Waals surface area (Å²) < 4.78 is 27.4. The zero-order chi connectivity index (χ0) is 14.4. The average Bonchev–Trinajstić information content (AvgIpc) is 2.83. The zero-order valence-corrected chi connectivity index (χ0v) is 13.7. The summed E-state index contributed by atoms with van der Waals surface area (Å²) in [5, 5.41) is 5.82. The van der Waals surface area contributed by atoms with E-state index in [1.807, 2.05) is 0 Å². The smallest absolute Gasteiger partial charge is 0.241 e. The molecular formula is C12H25ClN2O4S. The molecular weight excluding hydrogens is 304 g/mol. The summed E-state index contributed by atoms with van der Waals surface area (Å²) in [6.07, 6.45) is 3.64. The van der Waals surface area contributed by atoms with E-state index in [9.17, 15) is 13.2 Å². The lowest BCUT2D eigenvalue weighted by Gasteiger charge is -2.25. The number of nitrogens with one attached hydrogen (secondary N) is 2. The van der Waals surface area contributed by atoms with Crippen molar-refractivity contribution < 1.29 is 17.9 Å². The fraction of sp³-hybridized carbons (Fsp3) is 0.917. The molecule has 0 aromatic heterocycles. The monoisotopic (exact) mass is 328 g/mol. The van der Waals surface area contributed by atoms with Crippen LogP contribution < -0.4 is 10.6 Å². The van der Waals surface area contributed by atoms with Crippen LogP contribution in [0.3, 0.4) is 0 Å². The Morgan fingerprint density at radius 3 is 2.30 bits per heavy atom. The molecule has 1 amide bonds. The zero-order valence-electron chi connectivity index (χ0n) is 12.1. The van der Waals surface area contributed by atoms with E-state index in [1.165, 1.54) is 0 Å². The molecule has 1 aliphatic carbocycles. The van der Waals surface area contributed by atoms with Gasteiger partial charge in [0.1, 0.15) is 4.75 Å². The summed E-state index contributed by atoms with van der Waals surface area (Å²) in [6.45, 7) is 2.36. The average molecular weight is 329 g/mol. The topological polar surface area (TPSA) is 84.5 Å². The molecule has 0 bridgehead atoms. The van der Waals surface area contributed by atoms with E-state index in [-0.39, 0.29) is 18.3 Å². The van der Waals surface area contributed by atoms with Gasteiger partial charge in [-0.25, -0.2) is 8.42 Å². The molecule has 0 aliphatic heterocycles. The Morgan fingerprint density at radius 1 is 1.20 bits per heavy atom. The van der Waals surface area contributed by atoms with Crippen LogP contribution in [0.15, 0.2) is 0 Å². The van der Waals surface area contributed by atoms with E-state index >= 15 is 0 Å². The van der Waals surface area contributed by atoms with Crippen molar-refractivity contribution in [2.24, 2.45) is 0 Å². The van der Waals surface area contributed by atoms with Gasteiger partial charge in [0.2, 0.25) is 5.91 Å². The van der Waals surface area contributed by atoms with E-state index in [4.69, 9.17) is 4.74 Å². The number of carbonyl (C=O) groups excluding carboxylic acids is 1. The molecule has 20 heavy (non-hydrogen) atoms. The van der Waals surface area contributed by atoms with Crippen LogP contribution in [0.1, 0.15) is 25.7 Å². The van der Waals surface area contributed by atoms with Gasteiger partial charge in [0.25, 0.3) is 0 Å². The molecule has 1 saturated carbocycles. The number of methoxy groups -OCH3 is 1. The molecule has 1 aliphatic rings. The molecule has 0 atom stereocenters. The number of ether oxygens (including phenoxy) is 1. The lowest BCUT2D eigenvalue weighted by atomic mass is 10.1. The highest BCUT2D eigenvalue weighted by molar-refractivity contribution is 7.92. The molecule has 0 radical (unpaired) electrons. The predicted molar refractivity (Wildman–Crippen MR) is 81.0 cm³/mol. The maximum Gasteiger partial charge on any atom is 0.241 e. The molecule has 0 saturated heterocycles. The SMILES string of the molecule is COCCNCCNC(=O)C1(S(C)(=O)=O)CCCC1.Cl. The number of amides is 1. The van der Waals surface area contributed by atoms with Gasteiger partial charge in [-0.15, -0.1) is 12.4 Å². The normalized spacial score (nSPS) is 17.5. The summed E-state index contributed by atoms with van der Waals surface area (Å²) in [5.41, 5.74) is 0. The van der Waals surface area contributed by atoms with E-state index in [0.717, 1.165) is 19.1 Å². The highest BCUT2D eigenvalue weighted by Crippen LogP contribution is 2.36. The fourth-order valence-electron chi connectivity index (χ4n) is 2.44. The van der Waals surface area contributed by atoms with Gasteiger partial charge in [-0.1, -0.05) is 12.8 Å². The Labute approximate surface area is 127 Å².